The molecule has 2 aromatic rings. The van der Waals surface area contributed by atoms with Gasteiger partial charge < -0.3 is 20.3 Å². The topological polar surface area (TPSA) is 123 Å². The summed E-state index contributed by atoms with van der Waals surface area (Å²) in [6, 6.07) is 5.57. The van der Waals surface area contributed by atoms with Crippen LogP contribution >= 0.6 is 0 Å². The molecule has 3 atom stereocenters. The van der Waals surface area contributed by atoms with Gasteiger partial charge in [-0.2, -0.15) is 5.26 Å². The number of hydrogen-bond acceptors (Lipinski definition) is 8. The molecule has 0 bridgehead atoms. The number of amides is 2. The number of hydrogen-bond donors (Lipinski definition) is 2. The maximum Gasteiger partial charge on any atom is 0.407 e. The number of nitrogens with zero attached hydrogens (tertiary/aromatic N) is 5. The van der Waals surface area contributed by atoms with Crippen LogP contribution in [0.15, 0.2) is 24.5 Å². The molecule has 4 rings (SSSR count). The maximum absolute atomic E-state index is 13.1. The number of likely N-dealkylation sites (tertiary alicyclic amines) is 1. The fraction of sp³-hybridized carbons (Fsp3) is 0.577. The fourth-order valence-electron chi connectivity index (χ4n) is 4.92. The van der Waals surface area contributed by atoms with E-state index in [2.05, 4.69) is 38.5 Å². The number of rotatable bonds is 5. The lowest BCUT2D eigenvalue weighted by molar-refractivity contribution is -0.128. The van der Waals surface area contributed by atoms with Gasteiger partial charge >= 0.3 is 6.09 Å². The normalized spacial score (nSPS) is 21.8. The number of nitriles is 1. The highest BCUT2D eigenvalue weighted by atomic mass is 16.6. The van der Waals surface area contributed by atoms with Crippen LogP contribution in [0.1, 0.15) is 46.6 Å². The van der Waals surface area contributed by atoms with E-state index >= 15 is 0 Å². The summed E-state index contributed by atoms with van der Waals surface area (Å²) in [5.41, 5.74) is 2.18. The van der Waals surface area contributed by atoms with Crippen LogP contribution in [0, 0.1) is 17.2 Å². The van der Waals surface area contributed by atoms with Crippen molar-refractivity contribution in [3.8, 4) is 6.07 Å². The van der Waals surface area contributed by atoms with Crippen molar-refractivity contribution in [3.05, 3.63) is 30.1 Å². The highest BCUT2D eigenvalue weighted by Gasteiger charge is 2.36. The molecule has 0 spiro atoms. The van der Waals surface area contributed by atoms with Gasteiger partial charge in [-0.3, -0.25) is 19.7 Å². The molecule has 10 nitrogen and oxygen atoms in total. The summed E-state index contributed by atoms with van der Waals surface area (Å²) in [6.45, 7) is 12.3. The molecule has 36 heavy (non-hydrogen) atoms. The monoisotopic (exact) mass is 493 g/mol. The van der Waals surface area contributed by atoms with Gasteiger partial charge in [-0.15, -0.1) is 0 Å². The molecule has 3 heterocycles. The minimum Gasteiger partial charge on any atom is -0.444 e. The number of aromatic nitrogens is 2. The van der Waals surface area contributed by atoms with E-state index in [0.717, 1.165) is 18.7 Å². The summed E-state index contributed by atoms with van der Waals surface area (Å²) >= 11 is 0. The van der Waals surface area contributed by atoms with Gasteiger partial charge in [0.2, 0.25) is 5.91 Å². The Morgan fingerprint density at radius 1 is 1.08 bits per heavy atom. The van der Waals surface area contributed by atoms with Crippen LogP contribution in [0.2, 0.25) is 0 Å². The summed E-state index contributed by atoms with van der Waals surface area (Å²) in [5, 5.41) is 15.5. The van der Waals surface area contributed by atoms with Crippen molar-refractivity contribution >= 4 is 28.7 Å². The lowest BCUT2D eigenvalue weighted by Crippen LogP contribution is -2.65. The highest BCUT2D eigenvalue weighted by molar-refractivity contribution is 5.92. The van der Waals surface area contributed by atoms with E-state index in [1.807, 2.05) is 38.7 Å². The van der Waals surface area contributed by atoms with Gasteiger partial charge in [0.25, 0.3) is 0 Å². The second-order valence-electron chi connectivity index (χ2n) is 10.9. The van der Waals surface area contributed by atoms with Gasteiger partial charge in [-0.1, -0.05) is 6.92 Å². The number of benzene rings is 1. The van der Waals surface area contributed by atoms with Crippen LogP contribution in [0.25, 0.3) is 11.0 Å². The Labute approximate surface area is 212 Å². The van der Waals surface area contributed by atoms with E-state index in [0.29, 0.717) is 42.1 Å². The van der Waals surface area contributed by atoms with E-state index in [9.17, 15) is 14.9 Å². The van der Waals surface area contributed by atoms with Gasteiger partial charge in [-0.25, -0.2) is 4.79 Å². The minimum absolute atomic E-state index is 0.0111. The zero-order chi connectivity index (χ0) is 26.0. The average Bonchev–Trinajstić information content (AvgIpc) is 2.78. The first-order chi connectivity index (χ1) is 17.0. The average molecular weight is 494 g/mol. The molecule has 2 aliphatic rings. The first-order valence-corrected chi connectivity index (χ1v) is 12.5. The largest absolute Gasteiger partial charge is 0.444 e. The SMILES string of the molecule is CC(C(=O)N[C@@H]1C[C@H](C)CN(c2ccc(C#N)c3nccnc23)C1)N1CC(NC(=O)OC(C)(C)C)C1. The minimum atomic E-state index is -0.539. The van der Waals surface area contributed by atoms with Crippen molar-refractivity contribution in [1.29, 1.82) is 5.26 Å². The Morgan fingerprint density at radius 2 is 1.78 bits per heavy atom. The van der Waals surface area contributed by atoms with E-state index < -0.39 is 11.7 Å². The third-order valence-corrected chi connectivity index (χ3v) is 6.63. The van der Waals surface area contributed by atoms with Crippen LogP contribution in [0.4, 0.5) is 10.5 Å². The molecule has 2 saturated heterocycles. The summed E-state index contributed by atoms with van der Waals surface area (Å²) < 4.78 is 5.31. The number of nitrogens with one attached hydrogen (secondary N) is 2. The molecule has 2 amide bonds. The molecule has 0 saturated carbocycles. The molecule has 2 fully saturated rings. The number of ether oxygens (including phenoxy) is 1. The summed E-state index contributed by atoms with van der Waals surface area (Å²) in [5.74, 6) is 0.349. The van der Waals surface area contributed by atoms with Gasteiger partial charge in [0.1, 0.15) is 22.7 Å². The third kappa shape index (κ3) is 5.85. The van der Waals surface area contributed by atoms with Crippen LogP contribution < -0.4 is 15.5 Å². The molecule has 2 aliphatic heterocycles. The molecule has 192 valence electrons. The van der Waals surface area contributed by atoms with E-state index in [-0.39, 0.29) is 24.0 Å². The third-order valence-electron chi connectivity index (χ3n) is 6.63. The Balaban J connectivity index is 1.35. The van der Waals surface area contributed by atoms with E-state index in [1.165, 1.54) is 0 Å². The molecule has 2 N–H and O–H groups in total. The molecular formula is C26H35N7O3. The predicted octanol–water partition coefficient (Wildman–Crippen LogP) is 2.43. The van der Waals surface area contributed by atoms with Gasteiger partial charge in [0.05, 0.1) is 23.3 Å². The first kappa shape index (κ1) is 25.6. The predicted molar refractivity (Wildman–Crippen MR) is 136 cm³/mol. The first-order valence-electron chi connectivity index (χ1n) is 12.5. The Kier molecular flexibility index (Phi) is 7.31. The quantitative estimate of drug-likeness (QED) is 0.651. The number of piperidine rings is 1. The lowest BCUT2D eigenvalue weighted by atomic mass is 9.94. The second-order valence-corrected chi connectivity index (χ2v) is 10.9. The number of alkyl carbamates (subject to hydrolysis) is 1. The smallest absolute Gasteiger partial charge is 0.407 e. The lowest BCUT2D eigenvalue weighted by Gasteiger charge is -2.43. The Hall–Kier alpha value is -3.45. The molecule has 0 aliphatic carbocycles. The van der Waals surface area contributed by atoms with Crippen molar-refractivity contribution in [2.24, 2.45) is 5.92 Å². The molecule has 0 radical (unpaired) electrons. The van der Waals surface area contributed by atoms with Crippen molar-refractivity contribution in [1.82, 2.24) is 25.5 Å². The standard InChI is InChI=1S/C26H35N7O3/c1-16-10-19(13-33(12-16)21-7-6-18(11-27)22-23(21)29-9-8-28-22)30-24(34)17(2)32-14-20(15-32)31-25(35)36-26(3,4)5/h6-9,16-17,19-20H,10,12-15H2,1-5H3,(H,30,34)(H,31,35)/t16-,17?,19+/m0/s1. The summed E-state index contributed by atoms with van der Waals surface area (Å²) in [6.07, 6.45) is 3.69. The van der Waals surface area contributed by atoms with Crippen molar-refractivity contribution in [2.45, 2.75) is 64.8 Å². The Morgan fingerprint density at radius 3 is 2.44 bits per heavy atom. The molecule has 1 aromatic heterocycles. The zero-order valence-corrected chi connectivity index (χ0v) is 21.6. The van der Waals surface area contributed by atoms with Crippen LogP contribution in [0.3, 0.4) is 0 Å². The number of carbonyl (C=O) groups excluding carboxylic acids is 2. The van der Waals surface area contributed by atoms with Crippen LogP contribution in [-0.2, 0) is 9.53 Å². The van der Waals surface area contributed by atoms with E-state index in [1.54, 1.807) is 18.5 Å². The number of carbonyl (C=O) groups is 2. The Bertz CT molecular complexity index is 1170. The van der Waals surface area contributed by atoms with Gasteiger partial charge in [0, 0.05) is 44.6 Å². The van der Waals surface area contributed by atoms with Crippen LogP contribution in [-0.4, -0.2) is 76.8 Å². The fourth-order valence-corrected chi connectivity index (χ4v) is 4.92. The van der Waals surface area contributed by atoms with Gasteiger partial charge in [0.15, 0.2) is 0 Å². The molecular weight excluding hydrogens is 458 g/mol. The number of fused-ring (bicyclic) bond motifs is 1. The van der Waals surface area contributed by atoms with Gasteiger partial charge in [-0.05, 0) is 52.2 Å². The van der Waals surface area contributed by atoms with Crippen molar-refractivity contribution in [2.75, 3.05) is 31.1 Å². The van der Waals surface area contributed by atoms with Crippen LogP contribution in [0.5, 0.6) is 0 Å². The maximum atomic E-state index is 13.1. The number of anilines is 1. The molecule has 1 unspecified atom stereocenters. The zero-order valence-electron chi connectivity index (χ0n) is 21.6. The molecule has 1 aromatic carbocycles. The summed E-state index contributed by atoms with van der Waals surface area (Å²) in [4.78, 5) is 38.2. The van der Waals surface area contributed by atoms with Crippen molar-refractivity contribution < 1.29 is 14.3 Å². The van der Waals surface area contributed by atoms with E-state index in [4.69, 9.17) is 4.74 Å². The molecule has 10 heteroatoms. The summed E-state index contributed by atoms with van der Waals surface area (Å²) in [7, 11) is 0. The highest BCUT2D eigenvalue weighted by Crippen LogP contribution is 2.30. The van der Waals surface area contributed by atoms with Crippen molar-refractivity contribution in [3.63, 3.8) is 0 Å². The second kappa shape index (κ2) is 10.3.